The minimum absolute atomic E-state index is 0.663. The lowest BCUT2D eigenvalue weighted by atomic mass is 10.2. The molecule has 5 nitrogen and oxygen atoms in total. The predicted octanol–water partition coefficient (Wildman–Crippen LogP) is 2.57. The van der Waals surface area contributed by atoms with Crippen LogP contribution in [0.1, 0.15) is 19.3 Å². The Morgan fingerprint density at radius 3 is 2.76 bits per heavy atom. The monoisotopic (exact) mass is 285 g/mol. The summed E-state index contributed by atoms with van der Waals surface area (Å²) in [5.74, 6) is 1.59. The molecule has 5 heteroatoms. The first kappa shape index (κ1) is 14.1. The van der Waals surface area contributed by atoms with Gasteiger partial charge in [0, 0.05) is 19.0 Å². The molecule has 2 heterocycles. The first-order valence-electron chi connectivity index (χ1n) is 7.77. The highest BCUT2D eigenvalue weighted by atomic mass is 15.1. The van der Waals surface area contributed by atoms with Crippen LogP contribution >= 0.6 is 0 Å². The van der Waals surface area contributed by atoms with E-state index in [0.29, 0.717) is 5.95 Å². The fraction of sp³-hybridized carbons (Fsp3) is 0.500. The van der Waals surface area contributed by atoms with E-state index in [1.807, 2.05) is 25.2 Å². The Hall–Kier alpha value is -1.88. The van der Waals surface area contributed by atoms with Crippen LogP contribution in [-0.4, -0.2) is 48.1 Å². The van der Waals surface area contributed by atoms with Gasteiger partial charge in [-0.1, -0.05) is 12.1 Å². The summed E-state index contributed by atoms with van der Waals surface area (Å²) < 4.78 is 0. The number of anilines is 2. The molecule has 2 aromatic rings. The second kappa shape index (κ2) is 6.72. The van der Waals surface area contributed by atoms with E-state index in [9.17, 15) is 0 Å². The third-order valence-corrected chi connectivity index (χ3v) is 3.97. The fourth-order valence-corrected chi connectivity index (χ4v) is 2.84. The van der Waals surface area contributed by atoms with E-state index in [1.54, 1.807) is 0 Å². The minimum Gasteiger partial charge on any atom is -0.369 e. The summed E-state index contributed by atoms with van der Waals surface area (Å²) in [7, 11) is 1.85. The van der Waals surface area contributed by atoms with Gasteiger partial charge in [-0.25, -0.2) is 4.98 Å². The molecule has 0 unspecified atom stereocenters. The highest BCUT2D eigenvalue weighted by Gasteiger charge is 2.10. The Labute approximate surface area is 125 Å². The molecule has 1 saturated heterocycles. The number of likely N-dealkylation sites (tertiary alicyclic amines) is 1. The lowest BCUT2D eigenvalue weighted by molar-refractivity contribution is 0.337. The highest BCUT2D eigenvalue weighted by molar-refractivity contribution is 5.89. The summed E-state index contributed by atoms with van der Waals surface area (Å²) in [6.07, 6.45) is 3.86. The van der Waals surface area contributed by atoms with Crippen LogP contribution in [0.3, 0.4) is 0 Å². The number of para-hydroxylation sites is 1. The molecule has 0 saturated carbocycles. The Morgan fingerprint density at radius 2 is 1.95 bits per heavy atom. The van der Waals surface area contributed by atoms with Crippen LogP contribution in [0.4, 0.5) is 11.8 Å². The summed E-state index contributed by atoms with van der Waals surface area (Å²) in [4.78, 5) is 11.6. The van der Waals surface area contributed by atoms with Crippen molar-refractivity contribution in [1.82, 2.24) is 14.9 Å². The summed E-state index contributed by atoms with van der Waals surface area (Å²) >= 11 is 0. The van der Waals surface area contributed by atoms with Gasteiger partial charge in [0.05, 0.1) is 5.52 Å². The molecule has 112 valence electrons. The van der Waals surface area contributed by atoms with Gasteiger partial charge in [0.1, 0.15) is 5.82 Å². The second-order valence-corrected chi connectivity index (χ2v) is 5.49. The number of nitrogens with zero attached hydrogens (tertiary/aromatic N) is 3. The van der Waals surface area contributed by atoms with Crippen LogP contribution in [-0.2, 0) is 0 Å². The summed E-state index contributed by atoms with van der Waals surface area (Å²) in [5, 5.41) is 7.57. The lowest BCUT2D eigenvalue weighted by Gasteiger charge is -2.15. The van der Waals surface area contributed by atoms with Crippen molar-refractivity contribution in [2.75, 3.05) is 43.9 Å². The molecular formula is C16H23N5. The number of benzene rings is 1. The summed E-state index contributed by atoms with van der Waals surface area (Å²) in [6.45, 7) is 4.65. The molecule has 1 aromatic carbocycles. The number of nitrogens with one attached hydrogen (secondary N) is 2. The highest BCUT2D eigenvalue weighted by Crippen LogP contribution is 2.21. The van der Waals surface area contributed by atoms with Gasteiger partial charge in [-0.05, 0) is 51.0 Å². The second-order valence-electron chi connectivity index (χ2n) is 5.49. The van der Waals surface area contributed by atoms with Crippen LogP contribution in [0.5, 0.6) is 0 Å². The van der Waals surface area contributed by atoms with Gasteiger partial charge in [-0.15, -0.1) is 0 Å². The third-order valence-electron chi connectivity index (χ3n) is 3.97. The average Bonchev–Trinajstić information content (AvgIpc) is 3.04. The molecule has 1 aliphatic rings. The van der Waals surface area contributed by atoms with Crippen LogP contribution in [0.15, 0.2) is 24.3 Å². The maximum atomic E-state index is 4.54. The molecule has 0 atom stereocenters. The maximum Gasteiger partial charge on any atom is 0.224 e. The first-order chi connectivity index (χ1) is 10.4. The molecule has 0 radical (unpaired) electrons. The predicted molar refractivity (Wildman–Crippen MR) is 87.9 cm³/mol. The van der Waals surface area contributed by atoms with Gasteiger partial charge in [-0.2, -0.15) is 4.98 Å². The van der Waals surface area contributed by atoms with E-state index in [4.69, 9.17) is 0 Å². The van der Waals surface area contributed by atoms with Crippen molar-refractivity contribution in [1.29, 1.82) is 0 Å². The quantitative estimate of drug-likeness (QED) is 0.799. The van der Waals surface area contributed by atoms with Gasteiger partial charge in [-0.3, -0.25) is 0 Å². The maximum absolute atomic E-state index is 4.54. The van der Waals surface area contributed by atoms with E-state index in [-0.39, 0.29) is 0 Å². The zero-order valence-electron chi connectivity index (χ0n) is 12.6. The Balaban J connectivity index is 1.64. The van der Waals surface area contributed by atoms with E-state index in [1.165, 1.54) is 32.5 Å². The molecule has 1 aromatic heterocycles. The minimum atomic E-state index is 0.663. The first-order valence-corrected chi connectivity index (χ1v) is 7.77. The van der Waals surface area contributed by atoms with Crippen molar-refractivity contribution in [3.05, 3.63) is 24.3 Å². The van der Waals surface area contributed by atoms with Crippen molar-refractivity contribution in [3.63, 3.8) is 0 Å². The summed E-state index contributed by atoms with van der Waals surface area (Å²) in [6, 6.07) is 8.12. The normalized spacial score (nSPS) is 15.5. The van der Waals surface area contributed by atoms with Gasteiger partial charge < -0.3 is 15.5 Å². The molecule has 1 fully saturated rings. The van der Waals surface area contributed by atoms with Crippen molar-refractivity contribution >= 4 is 22.7 Å². The van der Waals surface area contributed by atoms with Crippen molar-refractivity contribution in [2.45, 2.75) is 19.3 Å². The number of rotatable bonds is 6. The standard InChI is InChI=1S/C16H23N5/c1-17-16-19-14-8-3-2-7-13(14)15(20-16)18-9-6-12-21-10-4-5-11-21/h2-3,7-8H,4-6,9-12H2,1H3,(H2,17,18,19,20). The van der Waals surface area contributed by atoms with Gasteiger partial charge in [0.25, 0.3) is 0 Å². The topological polar surface area (TPSA) is 53.1 Å². The molecule has 21 heavy (non-hydrogen) atoms. The average molecular weight is 285 g/mol. The van der Waals surface area contributed by atoms with E-state index >= 15 is 0 Å². The lowest BCUT2D eigenvalue weighted by Crippen LogP contribution is -2.22. The van der Waals surface area contributed by atoms with Crippen LogP contribution in [0.25, 0.3) is 10.9 Å². The fourth-order valence-electron chi connectivity index (χ4n) is 2.84. The van der Waals surface area contributed by atoms with Gasteiger partial charge >= 0.3 is 0 Å². The largest absolute Gasteiger partial charge is 0.369 e. The Morgan fingerprint density at radius 1 is 1.14 bits per heavy atom. The summed E-state index contributed by atoms with van der Waals surface area (Å²) in [5.41, 5.74) is 0.971. The number of fused-ring (bicyclic) bond motifs is 1. The number of aromatic nitrogens is 2. The van der Waals surface area contributed by atoms with Crippen LogP contribution < -0.4 is 10.6 Å². The van der Waals surface area contributed by atoms with Crippen LogP contribution in [0.2, 0.25) is 0 Å². The van der Waals surface area contributed by atoms with Gasteiger partial charge in [0.15, 0.2) is 0 Å². The Bertz CT molecular complexity index is 592. The molecule has 3 rings (SSSR count). The van der Waals surface area contributed by atoms with Crippen LogP contribution in [0, 0.1) is 0 Å². The number of hydrogen-bond donors (Lipinski definition) is 2. The molecule has 2 N–H and O–H groups in total. The van der Waals surface area contributed by atoms with E-state index < -0.39 is 0 Å². The third kappa shape index (κ3) is 3.42. The Kier molecular flexibility index (Phi) is 4.50. The molecule has 0 spiro atoms. The molecule has 1 aliphatic heterocycles. The van der Waals surface area contributed by atoms with Crippen molar-refractivity contribution in [3.8, 4) is 0 Å². The molecule has 0 amide bonds. The van der Waals surface area contributed by atoms with E-state index in [2.05, 4.69) is 31.6 Å². The zero-order chi connectivity index (χ0) is 14.5. The number of hydrogen-bond acceptors (Lipinski definition) is 5. The molecular weight excluding hydrogens is 262 g/mol. The smallest absolute Gasteiger partial charge is 0.224 e. The molecule has 0 bridgehead atoms. The van der Waals surface area contributed by atoms with E-state index in [0.717, 1.165) is 29.7 Å². The van der Waals surface area contributed by atoms with Crippen molar-refractivity contribution < 1.29 is 0 Å². The SMILES string of the molecule is CNc1nc(NCCCN2CCCC2)c2ccccc2n1. The van der Waals surface area contributed by atoms with Crippen molar-refractivity contribution in [2.24, 2.45) is 0 Å². The molecule has 0 aliphatic carbocycles. The van der Waals surface area contributed by atoms with Gasteiger partial charge in [0.2, 0.25) is 5.95 Å². The zero-order valence-corrected chi connectivity index (χ0v) is 12.6.